The molecule has 1 aliphatic rings. The van der Waals surface area contributed by atoms with E-state index >= 15 is 0 Å². The summed E-state index contributed by atoms with van der Waals surface area (Å²) in [4.78, 5) is 2.65. The second-order valence-electron chi connectivity index (χ2n) is 7.03. The van der Waals surface area contributed by atoms with Crippen molar-refractivity contribution < 1.29 is 0 Å². The molecule has 0 radical (unpaired) electrons. The Balaban J connectivity index is 2.12. The summed E-state index contributed by atoms with van der Waals surface area (Å²) in [6.07, 6.45) is 0. The highest BCUT2D eigenvalue weighted by Gasteiger charge is 2.33. The van der Waals surface area contributed by atoms with Crippen molar-refractivity contribution in [3.05, 3.63) is 35.9 Å². The van der Waals surface area contributed by atoms with E-state index in [1.54, 1.807) is 0 Å². The van der Waals surface area contributed by atoms with Gasteiger partial charge in [0.2, 0.25) is 0 Å². The van der Waals surface area contributed by atoms with Gasteiger partial charge in [0, 0.05) is 42.1 Å². The molecule has 1 heterocycles. The molecule has 21 heavy (non-hydrogen) atoms. The molecule has 0 bridgehead atoms. The largest absolute Gasteiger partial charge is 0.316 e. The molecule has 118 valence electrons. The van der Waals surface area contributed by atoms with E-state index in [0.717, 1.165) is 19.6 Å². The van der Waals surface area contributed by atoms with Gasteiger partial charge >= 0.3 is 0 Å². The zero-order valence-corrected chi connectivity index (χ0v) is 14.8. The van der Waals surface area contributed by atoms with Crippen LogP contribution in [0.2, 0.25) is 0 Å². The molecule has 0 aromatic heterocycles. The van der Waals surface area contributed by atoms with Crippen molar-refractivity contribution in [2.45, 2.75) is 37.9 Å². The van der Waals surface area contributed by atoms with Crippen LogP contribution < -0.4 is 5.32 Å². The minimum absolute atomic E-state index is 0.176. The van der Waals surface area contributed by atoms with Gasteiger partial charge in [-0.2, -0.15) is 11.8 Å². The van der Waals surface area contributed by atoms with E-state index in [2.05, 4.69) is 80.0 Å². The van der Waals surface area contributed by atoms with Crippen LogP contribution in [0.5, 0.6) is 0 Å². The summed E-state index contributed by atoms with van der Waals surface area (Å²) in [6.45, 7) is 14.9. The third-order valence-electron chi connectivity index (χ3n) is 4.31. The normalized spacial score (nSPS) is 21.9. The molecule has 0 saturated carbocycles. The molecule has 1 atom stereocenters. The average Bonchev–Trinajstić information content (AvgIpc) is 2.45. The maximum absolute atomic E-state index is 3.57. The molecule has 1 unspecified atom stereocenters. The summed E-state index contributed by atoms with van der Waals surface area (Å²) in [6, 6.07) is 11.0. The molecular weight excluding hydrogens is 276 g/mol. The quantitative estimate of drug-likeness (QED) is 0.867. The first kappa shape index (κ1) is 16.9. The standard InChI is InChI=1S/C18H30N2S/c1-5-19-13-18(4,16-9-7-6-8-10-16)15-20-11-12-21-17(2,3)14-20/h6-10,19H,5,11-15H2,1-4H3. The highest BCUT2D eigenvalue weighted by atomic mass is 32.2. The fraction of sp³-hybridized carbons (Fsp3) is 0.667. The third kappa shape index (κ3) is 4.73. The Morgan fingerprint density at radius 3 is 2.62 bits per heavy atom. The number of rotatable bonds is 6. The monoisotopic (exact) mass is 306 g/mol. The second-order valence-corrected chi connectivity index (χ2v) is 8.83. The van der Waals surface area contributed by atoms with Crippen LogP contribution in [-0.4, -0.2) is 48.1 Å². The Kier molecular flexibility index (Phi) is 5.75. The zero-order valence-electron chi connectivity index (χ0n) is 14.0. The Bertz CT molecular complexity index is 432. The Morgan fingerprint density at radius 2 is 2.00 bits per heavy atom. The number of likely N-dealkylation sites (N-methyl/N-ethyl adjacent to an activating group) is 1. The maximum atomic E-state index is 3.57. The lowest BCUT2D eigenvalue weighted by molar-refractivity contribution is 0.203. The molecule has 1 saturated heterocycles. The van der Waals surface area contributed by atoms with E-state index in [9.17, 15) is 0 Å². The molecule has 1 N–H and O–H groups in total. The van der Waals surface area contributed by atoms with E-state index in [1.807, 2.05) is 0 Å². The first-order valence-electron chi connectivity index (χ1n) is 8.08. The molecule has 2 nitrogen and oxygen atoms in total. The van der Waals surface area contributed by atoms with Crippen molar-refractivity contribution in [1.82, 2.24) is 10.2 Å². The average molecular weight is 307 g/mol. The molecular formula is C18H30N2S. The minimum atomic E-state index is 0.176. The molecule has 0 spiro atoms. The highest BCUT2D eigenvalue weighted by molar-refractivity contribution is 8.00. The lowest BCUT2D eigenvalue weighted by Gasteiger charge is -2.42. The summed E-state index contributed by atoms with van der Waals surface area (Å²) in [7, 11) is 0. The molecule has 0 aliphatic carbocycles. The summed E-state index contributed by atoms with van der Waals surface area (Å²) >= 11 is 2.11. The number of nitrogens with one attached hydrogen (secondary N) is 1. The van der Waals surface area contributed by atoms with E-state index in [-0.39, 0.29) is 5.41 Å². The van der Waals surface area contributed by atoms with E-state index in [4.69, 9.17) is 0 Å². The Hall–Kier alpha value is -0.510. The fourth-order valence-electron chi connectivity index (χ4n) is 3.23. The number of hydrogen-bond acceptors (Lipinski definition) is 3. The first-order valence-corrected chi connectivity index (χ1v) is 9.06. The number of hydrogen-bond donors (Lipinski definition) is 1. The van der Waals surface area contributed by atoms with Gasteiger partial charge in [-0.1, -0.05) is 44.2 Å². The van der Waals surface area contributed by atoms with Crippen molar-refractivity contribution in [1.29, 1.82) is 0 Å². The summed E-state index contributed by atoms with van der Waals surface area (Å²) in [5.74, 6) is 1.25. The molecule has 1 aliphatic heterocycles. The van der Waals surface area contributed by atoms with Gasteiger partial charge in [0.15, 0.2) is 0 Å². The SMILES string of the molecule is CCNCC(C)(CN1CCSC(C)(C)C1)c1ccccc1. The summed E-state index contributed by atoms with van der Waals surface area (Å²) in [5.41, 5.74) is 1.62. The van der Waals surface area contributed by atoms with Crippen LogP contribution in [-0.2, 0) is 5.41 Å². The Morgan fingerprint density at radius 1 is 1.29 bits per heavy atom. The van der Waals surface area contributed by atoms with Crippen LogP contribution in [0.15, 0.2) is 30.3 Å². The van der Waals surface area contributed by atoms with Crippen LogP contribution in [0.3, 0.4) is 0 Å². The van der Waals surface area contributed by atoms with E-state index in [0.29, 0.717) is 4.75 Å². The van der Waals surface area contributed by atoms with Crippen LogP contribution in [0.4, 0.5) is 0 Å². The summed E-state index contributed by atoms with van der Waals surface area (Å²) < 4.78 is 0.383. The molecule has 1 aromatic rings. The molecule has 0 amide bonds. The number of nitrogens with zero attached hydrogens (tertiary/aromatic N) is 1. The van der Waals surface area contributed by atoms with Gasteiger partial charge in [-0.05, 0) is 26.0 Å². The fourth-order valence-corrected chi connectivity index (χ4v) is 4.41. The molecule has 2 rings (SSSR count). The predicted octanol–water partition coefficient (Wildman–Crippen LogP) is 3.38. The maximum Gasteiger partial charge on any atom is 0.0231 e. The van der Waals surface area contributed by atoms with Crippen LogP contribution >= 0.6 is 11.8 Å². The van der Waals surface area contributed by atoms with Gasteiger partial charge in [-0.25, -0.2) is 0 Å². The second kappa shape index (κ2) is 7.17. The van der Waals surface area contributed by atoms with Gasteiger partial charge in [0.05, 0.1) is 0 Å². The van der Waals surface area contributed by atoms with Crippen molar-refractivity contribution in [2.24, 2.45) is 0 Å². The van der Waals surface area contributed by atoms with Crippen LogP contribution in [0.25, 0.3) is 0 Å². The van der Waals surface area contributed by atoms with Crippen molar-refractivity contribution in [3.63, 3.8) is 0 Å². The van der Waals surface area contributed by atoms with E-state index < -0.39 is 0 Å². The van der Waals surface area contributed by atoms with E-state index in [1.165, 1.54) is 24.4 Å². The topological polar surface area (TPSA) is 15.3 Å². The first-order chi connectivity index (χ1) is 9.95. The van der Waals surface area contributed by atoms with Crippen LogP contribution in [0, 0.1) is 0 Å². The van der Waals surface area contributed by atoms with Crippen molar-refractivity contribution in [3.8, 4) is 0 Å². The van der Waals surface area contributed by atoms with Gasteiger partial charge in [-0.3, -0.25) is 0 Å². The van der Waals surface area contributed by atoms with Crippen molar-refractivity contribution in [2.75, 3.05) is 38.5 Å². The van der Waals surface area contributed by atoms with Crippen molar-refractivity contribution >= 4 is 11.8 Å². The van der Waals surface area contributed by atoms with Gasteiger partial charge in [-0.15, -0.1) is 0 Å². The zero-order chi connectivity index (χ0) is 15.3. The van der Waals surface area contributed by atoms with Gasteiger partial charge < -0.3 is 10.2 Å². The lowest BCUT2D eigenvalue weighted by Crippen LogP contribution is -2.51. The number of thioether (sulfide) groups is 1. The molecule has 1 aromatic carbocycles. The molecule has 1 fully saturated rings. The smallest absolute Gasteiger partial charge is 0.0231 e. The predicted molar refractivity (Wildman–Crippen MR) is 95.3 cm³/mol. The lowest BCUT2D eigenvalue weighted by atomic mass is 9.81. The minimum Gasteiger partial charge on any atom is -0.316 e. The van der Waals surface area contributed by atoms with Crippen LogP contribution in [0.1, 0.15) is 33.3 Å². The third-order valence-corrected chi connectivity index (χ3v) is 5.61. The highest BCUT2D eigenvalue weighted by Crippen LogP contribution is 2.32. The molecule has 3 heteroatoms. The number of benzene rings is 1. The van der Waals surface area contributed by atoms with Gasteiger partial charge in [0.25, 0.3) is 0 Å². The summed E-state index contributed by atoms with van der Waals surface area (Å²) in [5, 5.41) is 3.57. The van der Waals surface area contributed by atoms with Gasteiger partial charge in [0.1, 0.15) is 0 Å². The Labute approximate surface area is 134 Å².